The summed E-state index contributed by atoms with van der Waals surface area (Å²) in [5, 5.41) is 0.134. The standard InChI is InChI=1S/C16H23ClO/c1-4-16(9-5-6-10-16)15(17)13-7-8-14(18-3)12(2)11-13/h7-8,11,15H,4-6,9-10H2,1-3H3. The van der Waals surface area contributed by atoms with E-state index in [1.54, 1.807) is 7.11 Å². The van der Waals surface area contributed by atoms with Gasteiger partial charge in [-0.25, -0.2) is 0 Å². The third kappa shape index (κ3) is 2.38. The van der Waals surface area contributed by atoms with Crippen LogP contribution in [-0.2, 0) is 0 Å². The van der Waals surface area contributed by atoms with E-state index in [2.05, 4.69) is 26.0 Å². The molecular weight excluding hydrogens is 244 g/mol. The van der Waals surface area contributed by atoms with E-state index in [1.807, 2.05) is 6.07 Å². The monoisotopic (exact) mass is 266 g/mol. The fourth-order valence-electron chi connectivity index (χ4n) is 3.28. The Balaban J connectivity index is 2.27. The molecule has 0 heterocycles. The van der Waals surface area contributed by atoms with Crippen LogP contribution < -0.4 is 4.74 Å². The normalized spacial score (nSPS) is 19.8. The first-order valence-corrected chi connectivity index (χ1v) is 7.35. The zero-order valence-corrected chi connectivity index (χ0v) is 12.4. The van der Waals surface area contributed by atoms with Crippen LogP contribution in [0.3, 0.4) is 0 Å². The number of hydrogen-bond acceptors (Lipinski definition) is 1. The molecule has 0 N–H and O–H groups in total. The van der Waals surface area contributed by atoms with Crippen molar-refractivity contribution in [1.82, 2.24) is 0 Å². The van der Waals surface area contributed by atoms with Crippen molar-refractivity contribution in [2.45, 2.75) is 51.3 Å². The zero-order chi connectivity index (χ0) is 13.2. The van der Waals surface area contributed by atoms with Crippen molar-refractivity contribution >= 4 is 11.6 Å². The van der Waals surface area contributed by atoms with E-state index >= 15 is 0 Å². The van der Waals surface area contributed by atoms with Crippen LogP contribution in [0.2, 0.25) is 0 Å². The Morgan fingerprint density at radius 1 is 1.33 bits per heavy atom. The van der Waals surface area contributed by atoms with Gasteiger partial charge < -0.3 is 4.74 Å². The highest BCUT2D eigenvalue weighted by molar-refractivity contribution is 6.21. The van der Waals surface area contributed by atoms with E-state index in [9.17, 15) is 0 Å². The quantitative estimate of drug-likeness (QED) is 0.676. The molecule has 0 aromatic heterocycles. The molecule has 0 spiro atoms. The highest BCUT2D eigenvalue weighted by atomic mass is 35.5. The van der Waals surface area contributed by atoms with E-state index in [4.69, 9.17) is 16.3 Å². The van der Waals surface area contributed by atoms with E-state index in [0.29, 0.717) is 5.41 Å². The fraction of sp³-hybridized carbons (Fsp3) is 0.625. The van der Waals surface area contributed by atoms with Gasteiger partial charge in [0.1, 0.15) is 5.75 Å². The first-order chi connectivity index (χ1) is 8.63. The second-order valence-corrected chi connectivity index (χ2v) is 5.95. The van der Waals surface area contributed by atoms with Gasteiger partial charge in [-0.05, 0) is 48.8 Å². The molecule has 1 aliphatic carbocycles. The summed E-state index contributed by atoms with van der Waals surface area (Å²) < 4.78 is 5.31. The number of methoxy groups -OCH3 is 1. The van der Waals surface area contributed by atoms with E-state index in [0.717, 1.165) is 5.75 Å². The fourth-order valence-corrected chi connectivity index (χ4v) is 3.79. The van der Waals surface area contributed by atoms with Gasteiger partial charge in [-0.15, -0.1) is 11.6 Å². The molecule has 2 heteroatoms. The lowest BCUT2D eigenvalue weighted by Gasteiger charge is -2.33. The van der Waals surface area contributed by atoms with Crippen LogP contribution in [0.4, 0.5) is 0 Å². The molecule has 1 nitrogen and oxygen atoms in total. The molecule has 1 aromatic carbocycles. The number of halogens is 1. The van der Waals surface area contributed by atoms with Crippen LogP contribution in [0.5, 0.6) is 5.75 Å². The van der Waals surface area contributed by atoms with Crippen molar-refractivity contribution in [3.05, 3.63) is 29.3 Å². The maximum atomic E-state index is 6.80. The van der Waals surface area contributed by atoms with Crippen molar-refractivity contribution < 1.29 is 4.74 Å². The van der Waals surface area contributed by atoms with Gasteiger partial charge in [0.15, 0.2) is 0 Å². The Kier molecular flexibility index (Phi) is 4.21. The highest BCUT2D eigenvalue weighted by Gasteiger charge is 2.39. The molecular formula is C16H23ClO. The summed E-state index contributed by atoms with van der Waals surface area (Å²) in [6.07, 6.45) is 6.36. The Hall–Kier alpha value is -0.690. The molecule has 0 saturated heterocycles. The molecule has 100 valence electrons. The SMILES string of the molecule is CCC1(C(Cl)c2ccc(OC)c(C)c2)CCCC1. The minimum Gasteiger partial charge on any atom is -0.496 e. The summed E-state index contributed by atoms with van der Waals surface area (Å²) in [5.41, 5.74) is 2.73. The molecule has 0 bridgehead atoms. The third-order valence-corrected chi connectivity index (χ3v) is 5.27. The topological polar surface area (TPSA) is 9.23 Å². The minimum atomic E-state index is 0.134. The number of hydrogen-bond donors (Lipinski definition) is 0. The molecule has 2 rings (SSSR count). The van der Waals surface area contributed by atoms with Gasteiger partial charge in [-0.2, -0.15) is 0 Å². The van der Waals surface area contributed by atoms with Crippen LogP contribution in [0.25, 0.3) is 0 Å². The van der Waals surface area contributed by atoms with E-state index in [-0.39, 0.29) is 5.38 Å². The van der Waals surface area contributed by atoms with Gasteiger partial charge in [-0.1, -0.05) is 31.9 Å². The maximum Gasteiger partial charge on any atom is 0.121 e. The van der Waals surface area contributed by atoms with Gasteiger partial charge in [0, 0.05) is 0 Å². The van der Waals surface area contributed by atoms with Crippen molar-refractivity contribution in [2.75, 3.05) is 7.11 Å². The molecule has 1 atom stereocenters. The van der Waals surface area contributed by atoms with E-state index < -0.39 is 0 Å². The van der Waals surface area contributed by atoms with Crippen molar-refractivity contribution in [2.24, 2.45) is 5.41 Å². The number of benzene rings is 1. The average molecular weight is 267 g/mol. The Labute approximate surface area is 115 Å². The Morgan fingerprint density at radius 3 is 2.50 bits per heavy atom. The molecule has 1 saturated carbocycles. The first kappa shape index (κ1) is 13.7. The molecule has 0 aliphatic heterocycles. The van der Waals surface area contributed by atoms with Crippen LogP contribution >= 0.6 is 11.6 Å². The molecule has 1 aromatic rings. The first-order valence-electron chi connectivity index (χ1n) is 6.91. The third-order valence-electron chi connectivity index (χ3n) is 4.55. The maximum absolute atomic E-state index is 6.80. The second-order valence-electron chi connectivity index (χ2n) is 5.51. The highest BCUT2D eigenvalue weighted by Crippen LogP contribution is 2.53. The zero-order valence-electron chi connectivity index (χ0n) is 11.6. The summed E-state index contributed by atoms with van der Waals surface area (Å²) >= 11 is 6.80. The predicted molar refractivity (Wildman–Crippen MR) is 77.5 cm³/mol. The molecule has 18 heavy (non-hydrogen) atoms. The van der Waals surface area contributed by atoms with Gasteiger partial charge in [0.05, 0.1) is 12.5 Å². The lowest BCUT2D eigenvalue weighted by Crippen LogP contribution is -2.21. The number of rotatable bonds is 4. The molecule has 1 unspecified atom stereocenters. The minimum absolute atomic E-state index is 0.134. The molecule has 1 aliphatic rings. The Morgan fingerprint density at radius 2 is 2.00 bits per heavy atom. The van der Waals surface area contributed by atoms with Crippen molar-refractivity contribution in [1.29, 1.82) is 0 Å². The van der Waals surface area contributed by atoms with Crippen LogP contribution in [0.15, 0.2) is 18.2 Å². The summed E-state index contributed by atoms with van der Waals surface area (Å²) in [6.45, 7) is 4.36. The lowest BCUT2D eigenvalue weighted by atomic mass is 9.77. The Bertz CT molecular complexity index is 408. The van der Waals surface area contributed by atoms with Crippen molar-refractivity contribution in [3.8, 4) is 5.75 Å². The number of aryl methyl sites for hydroxylation is 1. The molecule has 0 amide bonds. The summed E-state index contributed by atoms with van der Waals surface area (Å²) in [6, 6.07) is 6.35. The lowest BCUT2D eigenvalue weighted by molar-refractivity contribution is 0.271. The molecule has 1 fully saturated rings. The number of ether oxygens (including phenoxy) is 1. The summed E-state index contributed by atoms with van der Waals surface area (Å²) in [4.78, 5) is 0. The largest absolute Gasteiger partial charge is 0.496 e. The van der Waals surface area contributed by atoms with Gasteiger partial charge in [0.25, 0.3) is 0 Å². The average Bonchev–Trinajstić information content (AvgIpc) is 2.87. The van der Waals surface area contributed by atoms with Crippen LogP contribution in [0, 0.1) is 12.3 Å². The van der Waals surface area contributed by atoms with Crippen LogP contribution in [0.1, 0.15) is 55.5 Å². The van der Waals surface area contributed by atoms with Gasteiger partial charge in [0.2, 0.25) is 0 Å². The molecule has 0 radical (unpaired) electrons. The van der Waals surface area contributed by atoms with Crippen molar-refractivity contribution in [3.63, 3.8) is 0 Å². The summed E-state index contributed by atoms with van der Waals surface area (Å²) in [7, 11) is 1.71. The predicted octanol–water partition coefficient (Wildman–Crippen LogP) is 5.25. The van der Waals surface area contributed by atoms with Gasteiger partial charge >= 0.3 is 0 Å². The second kappa shape index (κ2) is 5.52. The van der Waals surface area contributed by atoms with Crippen LogP contribution in [-0.4, -0.2) is 7.11 Å². The number of alkyl halides is 1. The summed E-state index contributed by atoms with van der Waals surface area (Å²) in [5.74, 6) is 0.944. The smallest absolute Gasteiger partial charge is 0.121 e. The van der Waals surface area contributed by atoms with Gasteiger partial charge in [-0.3, -0.25) is 0 Å². The van der Waals surface area contributed by atoms with E-state index in [1.165, 1.54) is 43.2 Å².